The Morgan fingerprint density at radius 2 is 2.03 bits per heavy atom. The number of amides is 1. The van der Waals surface area contributed by atoms with Gasteiger partial charge >= 0.3 is 6.09 Å². The van der Waals surface area contributed by atoms with Crippen molar-refractivity contribution >= 4 is 46.2 Å². The number of hydrogen-bond acceptors (Lipinski definition) is 7. The second-order valence-corrected chi connectivity index (χ2v) is 10.8. The Morgan fingerprint density at radius 3 is 2.72 bits per heavy atom. The molecule has 0 aliphatic carbocycles. The average molecular weight is 482 g/mol. The minimum Gasteiger partial charge on any atom is -0.444 e. The molecule has 2 aromatic rings. The van der Waals surface area contributed by atoms with Crippen LogP contribution in [0.25, 0.3) is 10.9 Å². The molecular formula is C22H29ClFN5O2S. The summed E-state index contributed by atoms with van der Waals surface area (Å²) in [6, 6.07) is -0.0476. The van der Waals surface area contributed by atoms with E-state index in [0.29, 0.717) is 29.3 Å². The standard InChI is InChI=1S/C22H29ClFN5O2S/c1-6-32-20-26-17-15-13(25-18(23)16(17)24)8-7-10-29(19(15)27-20)14-9-11-28(12(14)2)21(30)31-22(3,4)5/h12,14H,6-11H2,1-5H3/t12-,14-/m1/s1. The number of likely N-dealkylation sites (tertiary alicyclic amines) is 1. The Labute approximate surface area is 197 Å². The van der Waals surface area contributed by atoms with E-state index in [2.05, 4.69) is 14.9 Å². The summed E-state index contributed by atoms with van der Waals surface area (Å²) in [6.07, 6.45) is 1.96. The molecule has 0 saturated carbocycles. The second-order valence-electron chi connectivity index (χ2n) is 9.22. The van der Waals surface area contributed by atoms with Crippen molar-refractivity contribution in [3.8, 4) is 0 Å². The fourth-order valence-corrected chi connectivity index (χ4v) is 5.28. The molecule has 0 unspecified atom stereocenters. The smallest absolute Gasteiger partial charge is 0.410 e. The molecule has 0 bridgehead atoms. The van der Waals surface area contributed by atoms with Crippen LogP contribution in [-0.2, 0) is 11.2 Å². The van der Waals surface area contributed by atoms with Gasteiger partial charge in [0.1, 0.15) is 16.9 Å². The van der Waals surface area contributed by atoms with Crippen molar-refractivity contribution in [2.45, 2.75) is 76.7 Å². The molecule has 2 aliphatic heterocycles. The number of carbonyl (C=O) groups is 1. The highest BCUT2D eigenvalue weighted by atomic mass is 35.5. The largest absolute Gasteiger partial charge is 0.444 e. The normalized spacial score (nSPS) is 21.2. The number of halogens is 2. The summed E-state index contributed by atoms with van der Waals surface area (Å²) in [5.74, 6) is 0.845. The third kappa shape index (κ3) is 4.33. The maximum Gasteiger partial charge on any atom is 0.410 e. The van der Waals surface area contributed by atoms with Gasteiger partial charge in [-0.15, -0.1) is 0 Å². The maximum absolute atomic E-state index is 15.0. The summed E-state index contributed by atoms with van der Waals surface area (Å²) in [7, 11) is 0. The highest BCUT2D eigenvalue weighted by molar-refractivity contribution is 7.99. The van der Waals surface area contributed by atoms with Crippen molar-refractivity contribution in [1.82, 2.24) is 19.9 Å². The molecule has 2 atom stereocenters. The summed E-state index contributed by atoms with van der Waals surface area (Å²) in [5, 5.41) is 1.000. The van der Waals surface area contributed by atoms with Crippen LogP contribution in [-0.4, -0.2) is 62.5 Å². The zero-order valence-corrected chi connectivity index (χ0v) is 20.7. The van der Waals surface area contributed by atoms with E-state index in [1.165, 1.54) is 11.8 Å². The predicted molar refractivity (Wildman–Crippen MR) is 125 cm³/mol. The van der Waals surface area contributed by atoms with Gasteiger partial charge in [0.15, 0.2) is 16.1 Å². The molecule has 174 valence electrons. The third-order valence-corrected chi connectivity index (χ3v) is 6.86. The number of anilines is 1. The molecule has 2 aromatic heterocycles. The Hall–Kier alpha value is -1.87. The Morgan fingerprint density at radius 1 is 1.28 bits per heavy atom. The van der Waals surface area contributed by atoms with E-state index in [0.717, 1.165) is 30.8 Å². The topological polar surface area (TPSA) is 71.5 Å². The Bertz CT molecular complexity index is 1050. The average Bonchev–Trinajstić information content (AvgIpc) is 2.99. The van der Waals surface area contributed by atoms with Gasteiger partial charge in [0.25, 0.3) is 0 Å². The van der Waals surface area contributed by atoms with Crippen LogP contribution in [0.3, 0.4) is 0 Å². The first kappa shape index (κ1) is 23.3. The lowest BCUT2D eigenvalue weighted by Crippen LogP contribution is -2.47. The summed E-state index contributed by atoms with van der Waals surface area (Å²) in [5.41, 5.74) is 0.401. The van der Waals surface area contributed by atoms with Crippen LogP contribution < -0.4 is 4.90 Å². The van der Waals surface area contributed by atoms with E-state index in [1.807, 2.05) is 34.6 Å². The molecule has 1 fully saturated rings. The van der Waals surface area contributed by atoms with Gasteiger partial charge in [-0.1, -0.05) is 30.3 Å². The van der Waals surface area contributed by atoms with Crippen LogP contribution in [0.2, 0.25) is 5.15 Å². The molecule has 1 amide bonds. The number of ether oxygens (including phenoxy) is 1. The third-order valence-electron chi connectivity index (χ3n) is 5.88. The van der Waals surface area contributed by atoms with Crippen molar-refractivity contribution in [2.24, 2.45) is 0 Å². The molecule has 2 aliphatic rings. The van der Waals surface area contributed by atoms with Crippen LogP contribution in [0.5, 0.6) is 0 Å². The van der Waals surface area contributed by atoms with Crippen molar-refractivity contribution in [1.29, 1.82) is 0 Å². The van der Waals surface area contributed by atoms with Gasteiger partial charge in [-0.2, -0.15) is 0 Å². The quantitative estimate of drug-likeness (QED) is 0.344. The SMILES string of the molecule is CCSc1nc2c3c(nc(Cl)c(F)c3n1)CCCN2[C@@H]1CCN(C(=O)OC(C)(C)C)[C@@H]1C. The van der Waals surface area contributed by atoms with Gasteiger partial charge in [-0.25, -0.2) is 24.1 Å². The first-order valence-corrected chi connectivity index (χ1v) is 12.4. The molecular weight excluding hydrogens is 453 g/mol. The van der Waals surface area contributed by atoms with Gasteiger partial charge in [0.2, 0.25) is 0 Å². The lowest BCUT2D eigenvalue weighted by atomic mass is 10.1. The van der Waals surface area contributed by atoms with Crippen LogP contribution in [0.15, 0.2) is 5.16 Å². The maximum atomic E-state index is 15.0. The van der Waals surface area contributed by atoms with Crippen LogP contribution in [0.1, 0.15) is 53.2 Å². The zero-order valence-electron chi connectivity index (χ0n) is 19.1. The van der Waals surface area contributed by atoms with Gasteiger partial charge < -0.3 is 14.5 Å². The number of thioether (sulfide) groups is 1. The lowest BCUT2D eigenvalue weighted by Gasteiger charge is -2.35. The number of hydrogen-bond donors (Lipinski definition) is 0. The lowest BCUT2D eigenvalue weighted by molar-refractivity contribution is 0.0233. The highest BCUT2D eigenvalue weighted by Crippen LogP contribution is 2.38. The van der Waals surface area contributed by atoms with Crippen LogP contribution >= 0.6 is 23.4 Å². The van der Waals surface area contributed by atoms with E-state index in [1.54, 1.807) is 4.90 Å². The van der Waals surface area contributed by atoms with Crippen LogP contribution in [0, 0.1) is 5.82 Å². The molecule has 10 heteroatoms. The number of nitrogens with zero attached hydrogens (tertiary/aromatic N) is 5. The molecule has 0 radical (unpaired) electrons. The second kappa shape index (κ2) is 8.82. The first-order valence-electron chi connectivity index (χ1n) is 11.1. The molecule has 4 heterocycles. The summed E-state index contributed by atoms with van der Waals surface area (Å²) >= 11 is 7.56. The number of carbonyl (C=O) groups excluding carboxylic acids is 1. The fraction of sp³-hybridized carbons (Fsp3) is 0.636. The molecule has 0 N–H and O–H groups in total. The number of pyridine rings is 1. The van der Waals surface area contributed by atoms with E-state index < -0.39 is 11.4 Å². The monoisotopic (exact) mass is 481 g/mol. The summed E-state index contributed by atoms with van der Waals surface area (Å²) in [4.78, 5) is 30.4. The molecule has 7 nitrogen and oxygen atoms in total. The fourth-order valence-electron chi connectivity index (χ4n) is 4.52. The molecule has 0 spiro atoms. The first-order chi connectivity index (χ1) is 15.1. The van der Waals surface area contributed by atoms with Crippen LogP contribution in [0.4, 0.5) is 15.0 Å². The Balaban J connectivity index is 1.76. The van der Waals surface area contributed by atoms with Crippen molar-refractivity contribution in [3.63, 3.8) is 0 Å². The minimum absolute atomic E-state index is 0.0322. The van der Waals surface area contributed by atoms with Crippen molar-refractivity contribution in [3.05, 3.63) is 16.7 Å². The summed E-state index contributed by atoms with van der Waals surface area (Å²) < 4.78 is 20.6. The van der Waals surface area contributed by atoms with E-state index in [4.69, 9.17) is 21.3 Å². The van der Waals surface area contributed by atoms with E-state index in [9.17, 15) is 9.18 Å². The zero-order chi connectivity index (χ0) is 23.2. The Kier molecular flexibility index (Phi) is 6.42. The van der Waals surface area contributed by atoms with Crippen molar-refractivity contribution < 1.29 is 13.9 Å². The van der Waals surface area contributed by atoms with Gasteiger partial charge in [-0.3, -0.25) is 0 Å². The molecule has 4 rings (SSSR count). The van der Waals surface area contributed by atoms with E-state index in [-0.39, 0.29) is 28.8 Å². The van der Waals surface area contributed by atoms with Gasteiger partial charge in [0, 0.05) is 13.1 Å². The number of aryl methyl sites for hydroxylation is 1. The van der Waals surface area contributed by atoms with Crippen molar-refractivity contribution in [2.75, 3.05) is 23.7 Å². The van der Waals surface area contributed by atoms with Gasteiger partial charge in [0.05, 0.1) is 23.2 Å². The predicted octanol–water partition coefficient (Wildman–Crippen LogP) is 5.08. The number of rotatable bonds is 3. The minimum atomic E-state index is -0.608. The summed E-state index contributed by atoms with van der Waals surface area (Å²) in [6.45, 7) is 11.0. The number of aromatic nitrogens is 3. The van der Waals surface area contributed by atoms with E-state index >= 15 is 0 Å². The molecule has 1 saturated heterocycles. The molecule has 32 heavy (non-hydrogen) atoms. The highest BCUT2D eigenvalue weighted by Gasteiger charge is 2.41. The molecule has 0 aromatic carbocycles. The van der Waals surface area contributed by atoms with Gasteiger partial charge in [-0.05, 0) is 52.7 Å².